The lowest BCUT2D eigenvalue weighted by Crippen LogP contribution is -2.43. The van der Waals surface area contributed by atoms with Crippen molar-refractivity contribution in [3.05, 3.63) is 11.4 Å². The van der Waals surface area contributed by atoms with E-state index in [9.17, 15) is 5.11 Å². The van der Waals surface area contributed by atoms with Crippen molar-refractivity contribution in [3.63, 3.8) is 0 Å². The van der Waals surface area contributed by atoms with Crippen molar-refractivity contribution < 1.29 is 5.11 Å². The predicted molar refractivity (Wildman–Crippen MR) is 85.3 cm³/mol. The monoisotopic (exact) mass is 293 g/mol. The van der Waals surface area contributed by atoms with Crippen LogP contribution < -0.4 is 16.2 Å². The number of aliphatic hydroxyl groups is 1. The molecular weight excluding hydrogens is 266 g/mol. The van der Waals surface area contributed by atoms with Crippen LogP contribution in [0.15, 0.2) is 0 Å². The Morgan fingerprint density at radius 2 is 2.05 bits per heavy atom. The number of anilines is 2. The minimum Gasteiger partial charge on any atom is -0.394 e. The van der Waals surface area contributed by atoms with E-state index in [1.54, 1.807) is 0 Å². The van der Waals surface area contributed by atoms with Crippen LogP contribution in [0.3, 0.4) is 0 Å². The van der Waals surface area contributed by atoms with Crippen molar-refractivity contribution >= 4 is 11.6 Å². The second-order valence-electron chi connectivity index (χ2n) is 6.76. The standard InChI is InChI=1S/C15H27N5O/c1-10-12(19-16)17-14(15(2,3)4)18-13(10)20-8-6-5-7-11(20)9-21/h11,21H,5-9,16H2,1-4H3,(H,17,18,19). The van der Waals surface area contributed by atoms with Crippen molar-refractivity contribution in [2.75, 3.05) is 23.5 Å². The minimum atomic E-state index is -0.154. The summed E-state index contributed by atoms with van der Waals surface area (Å²) < 4.78 is 0. The average Bonchev–Trinajstić information content (AvgIpc) is 2.46. The summed E-state index contributed by atoms with van der Waals surface area (Å²) in [6.07, 6.45) is 3.27. The molecule has 0 radical (unpaired) electrons. The molecular formula is C15H27N5O. The van der Waals surface area contributed by atoms with Crippen LogP contribution in [0.5, 0.6) is 0 Å². The molecule has 0 spiro atoms. The molecule has 21 heavy (non-hydrogen) atoms. The SMILES string of the molecule is Cc1c(NN)nc(C(C)(C)C)nc1N1CCCCC1CO. The second kappa shape index (κ2) is 6.15. The highest BCUT2D eigenvalue weighted by Gasteiger charge is 2.28. The molecule has 0 aromatic carbocycles. The predicted octanol–water partition coefficient (Wildman–Crippen LogP) is 1.72. The largest absolute Gasteiger partial charge is 0.394 e. The van der Waals surface area contributed by atoms with Crippen molar-refractivity contribution in [2.24, 2.45) is 5.84 Å². The summed E-state index contributed by atoms with van der Waals surface area (Å²) in [5.41, 5.74) is 3.46. The number of piperidine rings is 1. The van der Waals surface area contributed by atoms with Crippen LogP contribution in [0.4, 0.5) is 11.6 Å². The lowest BCUT2D eigenvalue weighted by Gasteiger charge is -2.37. The molecule has 4 N–H and O–H groups in total. The van der Waals surface area contributed by atoms with E-state index in [1.807, 2.05) is 6.92 Å². The Bertz CT molecular complexity index is 498. The number of nitrogens with two attached hydrogens (primary N) is 1. The molecule has 1 fully saturated rings. The molecule has 1 unspecified atom stereocenters. The van der Waals surface area contributed by atoms with Crippen molar-refractivity contribution in [2.45, 2.75) is 58.4 Å². The smallest absolute Gasteiger partial charge is 0.148 e. The molecule has 1 aromatic heterocycles. The van der Waals surface area contributed by atoms with E-state index < -0.39 is 0 Å². The maximum absolute atomic E-state index is 9.64. The van der Waals surface area contributed by atoms with Gasteiger partial charge in [0, 0.05) is 17.5 Å². The van der Waals surface area contributed by atoms with Gasteiger partial charge in [-0.05, 0) is 26.2 Å². The van der Waals surface area contributed by atoms with Gasteiger partial charge in [0.1, 0.15) is 17.5 Å². The maximum Gasteiger partial charge on any atom is 0.148 e. The van der Waals surface area contributed by atoms with E-state index in [2.05, 4.69) is 36.1 Å². The number of aliphatic hydroxyl groups excluding tert-OH is 1. The van der Waals surface area contributed by atoms with Crippen molar-refractivity contribution in [1.29, 1.82) is 0 Å². The Morgan fingerprint density at radius 3 is 2.62 bits per heavy atom. The number of rotatable bonds is 3. The third-order valence-corrected chi connectivity index (χ3v) is 4.04. The van der Waals surface area contributed by atoms with Crippen LogP contribution in [0.25, 0.3) is 0 Å². The average molecular weight is 293 g/mol. The molecule has 118 valence electrons. The van der Waals surface area contributed by atoms with Gasteiger partial charge in [0.2, 0.25) is 0 Å². The zero-order valence-corrected chi connectivity index (χ0v) is 13.5. The molecule has 2 heterocycles. The van der Waals surface area contributed by atoms with Gasteiger partial charge in [0.05, 0.1) is 12.6 Å². The molecule has 0 aliphatic carbocycles. The summed E-state index contributed by atoms with van der Waals surface area (Å²) in [4.78, 5) is 11.5. The molecule has 0 bridgehead atoms. The zero-order chi connectivity index (χ0) is 15.6. The topological polar surface area (TPSA) is 87.3 Å². The number of nitrogen functional groups attached to an aromatic ring is 1. The van der Waals surface area contributed by atoms with Gasteiger partial charge < -0.3 is 15.4 Å². The van der Waals surface area contributed by atoms with Crippen LogP contribution in [-0.2, 0) is 5.41 Å². The fourth-order valence-electron chi connectivity index (χ4n) is 2.73. The lowest BCUT2D eigenvalue weighted by molar-refractivity contribution is 0.239. The Kier molecular flexibility index (Phi) is 4.68. The van der Waals surface area contributed by atoms with Gasteiger partial charge in [-0.15, -0.1) is 0 Å². The van der Waals surface area contributed by atoms with E-state index in [1.165, 1.54) is 0 Å². The number of nitrogens with one attached hydrogen (secondary N) is 1. The van der Waals surface area contributed by atoms with Crippen LogP contribution >= 0.6 is 0 Å². The number of aromatic nitrogens is 2. The molecule has 1 atom stereocenters. The normalized spacial score (nSPS) is 19.7. The van der Waals surface area contributed by atoms with Gasteiger partial charge in [0.15, 0.2) is 0 Å². The molecule has 6 heteroatoms. The van der Waals surface area contributed by atoms with E-state index in [-0.39, 0.29) is 18.1 Å². The fraction of sp³-hybridized carbons (Fsp3) is 0.733. The number of hydrogen-bond donors (Lipinski definition) is 3. The summed E-state index contributed by atoms with van der Waals surface area (Å²) in [6.45, 7) is 9.29. The minimum absolute atomic E-state index is 0.130. The lowest BCUT2D eigenvalue weighted by atomic mass is 9.95. The summed E-state index contributed by atoms with van der Waals surface area (Å²) in [5.74, 6) is 7.93. The van der Waals surface area contributed by atoms with Gasteiger partial charge in [-0.2, -0.15) is 0 Å². The number of hydrogen-bond acceptors (Lipinski definition) is 6. The second-order valence-corrected chi connectivity index (χ2v) is 6.76. The first-order valence-electron chi connectivity index (χ1n) is 7.61. The van der Waals surface area contributed by atoms with Gasteiger partial charge in [0.25, 0.3) is 0 Å². The first kappa shape index (κ1) is 16.0. The molecule has 1 aliphatic heterocycles. The summed E-state index contributed by atoms with van der Waals surface area (Å²) in [6, 6.07) is 0.130. The highest BCUT2D eigenvalue weighted by Crippen LogP contribution is 2.31. The molecule has 1 saturated heterocycles. The van der Waals surface area contributed by atoms with E-state index >= 15 is 0 Å². The van der Waals surface area contributed by atoms with Crippen molar-refractivity contribution in [3.8, 4) is 0 Å². The molecule has 6 nitrogen and oxygen atoms in total. The van der Waals surface area contributed by atoms with Crippen LogP contribution in [0.1, 0.15) is 51.4 Å². The Morgan fingerprint density at radius 1 is 1.33 bits per heavy atom. The van der Waals surface area contributed by atoms with Gasteiger partial charge in [-0.25, -0.2) is 15.8 Å². The van der Waals surface area contributed by atoms with Crippen LogP contribution in [0.2, 0.25) is 0 Å². The van der Waals surface area contributed by atoms with Gasteiger partial charge >= 0.3 is 0 Å². The molecule has 0 saturated carbocycles. The van der Waals surface area contributed by atoms with Gasteiger partial charge in [-0.1, -0.05) is 20.8 Å². The molecule has 1 aliphatic rings. The van der Waals surface area contributed by atoms with Crippen molar-refractivity contribution in [1.82, 2.24) is 9.97 Å². The third kappa shape index (κ3) is 3.27. The Balaban J connectivity index is 2.50. The zero-order valence-electron chi connectivity index (χ0n) is 13.5. The third-order valence-electron chi connectivity index (χ3n) is 4.04. The highest BCUT2D eigenvalue weighted by atomic mass is 16.3. The number of hydrazine groups is 1. The Hall–Kier alpha value is -1.40. The maximum atomic E-state index is 9.64. The van der Waals surface area contributed by atoms with E-state index in [4.69, 9.17) is 10.8 Å². The first-order valence-corrected chi connectivity index (χ1v) is 7.61. The van der Waals surface area contributed by atoms with E-state index in [0.29, 0.717) is 5.82 Å². The Labute approximate surface area is 126 Å². The van der Waals surface area contributed by atoms with Crippen LogP contribution in [-0.4, -0.2) is 34.3 Å². The summed E-state index contributed by atoms with van der Waals surface area (Å²) in [7, 11) is 0. The quantitative estimate of drug-likeness (QED) is 0.581. The first-order chi connectivity index (χ1) is 9.88. The number of nitrogens with zero attached hydrogens (tertiary/aromatic N) is 3. The fourth-order valence-corrected chi connectivity index (χ4v) is 2.73. The van der Waals surface area contributed by atoms with Crippen LogP contribution in [0, 0.1) is 6.92 Å². The molecule has 2 rings (SSSR count). The van der Waals surface area contributed by atoms with Gasteiger partial charge in [-0.3, -0.25) is 0 Å². The summed E-state index contributed by atoms with van der Waals surface area (Å²) >= 11 is 0. The van der Waals surface area contributed by atoms with E-state index in [0.717, 1.165) is 43.0 Å². The molecule has 0 amide bonds. The summed E-state index contributed by atoms with van der Waals surface area (Å²) in [5, 5.41) is 9.64. The molecule has 1 aromatic rings. The highest BCUT2D eigenvalue weighted by molar-refractivity contribution is 5.59.